The van der Waals surface area contributed by atoms with Gasteiger partial charge in [-0.1, -0.05) is 0 Å². The summed E-state index contributed by atoms with van der Waals surface area (Å²) in [6.07, 6.45) is 2.83. The second-order valence-electron chi connectivity index (χ2n) is 3.46. The fourth-order valence-corrected chi connectivity index (χ4v) is 1.49. The Bertz CT molecular complexity index is 496. The van der Waals surface area contributed by atoms with Crippen molar-refractivity contribution in [3.63, 3.8) is 0 Å². The molecule has 0 aromatic carbocycles. The van der Waals surface area contributed by atoms with Crippen LogP contribution in [0.1, 0.15) is 6.42 Å². The molecule has 0 radical (unpaired) electrons. The smallest absolute Gasteiger partial charge is 0.290 e. The van der Waals surface area contributed by atoms with Crippen LogP contribution >= 0.6 is 0 Å². The molecule has 1 aliphatic heterocycles. The number of hydrogen-bond acceptors (Lipinski definition) is 5. The summed E-state index contributed by atoms with van der Waals surface area (Å²) in [5, 5.41) is 2.65. The lowest BCUT2D eigenvalue weighted by molar-refractivity contribution is -0.136. The Morgan fingerprint density at radius 2 is 2.25 bits per heavy atom. The molecule has 0 bridgehead atoms. The van der Waals surface area contributed by atoms with Crippen molar-refractivity contribution in [3.8, 4) is 0 Å². The van der Waals surface area contributed by atoms with Gasteiger partial charge in [0.2, 0.25) is 5.91 Å². The van der Waals surface area contributed by atoms with Crippen molar-refractivity contribution in [1.82, 2.24) is 14.9 Å². The van der Waals surface area contributed by atoms with Crippen molar-refractivity contribution in [2.75, 3.05) is 12.4 Å². The van der Waals surface area contributed by atoms with Crippen LogP contribution in [-0.2, 0) is 9.59 Å². The van der Waals surface area contributed by atoms with Gasteiger partial charge in [0.25, 0.3) is 11.5 Å². The van der Waals surface area contributed by atoms with Crippen molar-refractivity contribution >= 4 is 17.6 Å². The van der Waals surface area contributed by atoms with Gasteiger partial charge < -0.3 is 10.3 Å². The summed E-state index contributed by atoms with van der Waals surface area (Å²) in [5.41, 5.74) is -0.419. The van der Waals surface area contributed by atoms with Gasteiger partial charge in [0.05, 0.1) is 6.42 Å². The standard InChI is InChI=1S/C9H10N4O3/c1-13-6(14)4-5(9(13)16)12-7-8(15)11-3-2-10-7/h2-3,5H,4H2,1H3,(H,10,12)(H,11,15). The molecule has 1 fully saturated rings. The van der Waals surface area contributed by atoms with Gasteiger partial charge in [-0.2, -0.15) is 0 Å². The summed E-state index contributed by atoms with van der Waals surface area (Å²) in [5.74, 6) is -0.575. The van der Waals surface area contributed by atoms with Gasteiger partial charge in [-0.25, -0.2) is 4.98 Å². The van der Waals surface area contributed by atoms with E-state index in [1.807, 2.05) is 0 Å². The zero-order valence-corrected chi connectivity index (χ0v) is 8.56. The third-order valence-electron chi connectivity index (χ3n) is 2.40. The number of aromatic nitrogens is 2. The van der Waals surface area contributed by atoms with Crippen LogP contribution in [0.2, 0.25) is 0 Å². The molecule has 0 spiro atoms. The lowest BCUT2D eigenvalue weighted by atomic mass is 10.2. The van der Waals surface area contributed by atoms with E-state index < -0.39 is 11.6 Å². The number of hydrogen-bond donors (Lipinski definition) is 2. The Kier molecular flexibility index (Phi) is 2.43. The zero-order chi connectivity index (χ0) is 11.7. The average Bonchev–Trinajstić information content (AvgIpc) is 2.50. The Balaban J connectivity index is 2.18. The number of carbonyl (C=O) groups excluding carboxylic acids is 2. The van der Waals surface area contributed by atoms with Crippen LogP contribution in [0.4, 0.5) is 5.82 Å². The van der Waals surface area contributed by atoms with E-state index in [9.17, 15) is 14.4 Å². The van der Waals surface area contributed by atoms with E-state index in [4.69, 9.17) is 0 Å². The van der Waals surface area contributed by atoms with Gasteiger partial charge in [0, 0.05) is 19.4 Å². The fourth-order valence-electron chi connectivity index (χ4n) is 1.49. The highest BCUT2D eigenvalue weighted by molar-refractivity contribution is 6.06. The number of amides is 2. The van der Waals surface area contributed by atoms with E-state index in [1.165, 1.54) is 19.4 Å². The molecule has 2 heterocycles. The molecule has 7 heteroatoms. The molecule has 7 nitrogen and oxygen atoms in total. The van der Waals surface area contributed by atoms with Gasteiger partial charge in [-0.3, -0.25) is 19.3 Å². The minimum atomic E-state index is -0.700. The molecule has 1 unspecified atom stereocenters. The molecule has 1 atom stereocenters. The predicted octanol–water partition coefficient (Wildman–Crippen LogP) is -1.06. The topological polar surface area (TPSA) is 95.2 Å². The zero-order valence-electron chi connectivity index (χ0n) is 8.56. The largest absolute Gasteiger partial charge is 0.353 e. The first kappa shape index (κ1) is 10.3. The van der Waals surface area contributed by atoms with Crippen LogP contribution in [-0.4, -0.2) is 39.8 Å². The fraction of sp³-hybridized carbons (Fsp3) is 0.333. The lowest BCUT2D eigenvalue weighted by Crippen LogP contribution is -2.33. The highest BCUT2D eigenvalue weighted by Gasteiger charge is 2.36. The van der Waals surface area contributed by atoms with Crippen molar-refractivity contribution in [2.45, 2.75) is 12.5 Å². The van der Waals surface area contributed by atoms with Gasteiger partial charge in [-0.05, 0) is 0 Å². The van der Waals surface area contributed by atoms with Crippen LogP contribution in [0.3, 0.4) is 0 Å². The summed E-state index contributed by atoms with van der Waals surface area (Å²) in [7, 11) is 1.41. The van der Waals surface area contributed by atoms with Crippen LogP contribution < -0.4 is 10.9 Å². The Hall–Kier alpha value is -2.18. The summed E-state index contributed by atoms with van der Waals surface area (Å²) in [4.78, 5) is 41.3. The predicted molar refractivity (Wildman–Crippen MR) is 54.7 cm³/mol. The van der Waals surface area contributed by atoms with E-state index in [0.717, 1.165) is 4.90 Å². The summed E-state index contributed by atoms with van der Waals surface area (Å²) in [6.45, 7) is 0. The molecule has 1 aliphatic rings. The van der Waals surface area contributed by atoms with E-state index in [-0.39, 0.29) is 24.1 Å². The summed E-state index contributed by atoms with van der Waals surface area (Å²) >= 11 is 0. The highest BCUT2D eigenvalue weighted by atomic mass is 16.2. The average molecular weight is 222 g/mol. The maximum Gasteiger partial charge on any atom is 0.290 e. The van der Waals surface area contributed by atoms with E-state index >= 15 is 0 Å². The SMILES string of the molecule is CN1C(=O)CC(Nc2ncc[nH]c2=O)C1=O. The molecule has 1 aromatic heterocycles. The molecule has 16 heavy (non-hydrogen) atoms. The van der Waals surface area contributed by atoms with Crippen molar-refractivity contribution in [1.29, 1.82) is 0 Å². The Morgan fingerprint density at radius 3 is 2.81 bits per heavy atom. The molecule has 2 amide bonds. The van der Waals surface area contributed by atoms with Gasteiger partial charge in [0.15, 0.2) is 5.82 Å². The first-order chi connectivity index (χ1) is 7.59. The first-order valence-electron chi connectivity index (χ1n) is 4.70. The number of likely N-dealkylation sites (tertiary alicyclic amines) is 1. The number of carbonyl (C=O) groups is 2. The Morgan fingerprint density at radius 1 is 1.50 bits per heavy atom. The normalized spacial score (nSPS) is 20.3. The number of imide groups is 1. The number of anilines is 1. The molecule has 0 saturated carbocycles. The number of H-pyrrole nitrogens is 1. The lowest BCUT2D eigenvalue weighted by Gasteiger charge is -2.10. The minimum absolute atomic E-state index is 0.0453. The van der Waals surface area contributed by atoms with Gasteiger partial charge >= 0.3 is 0 Å². The number of aromatic amines is 1. The molecule has 2 N–H and O–H groups in total. The monoisotopic (exact) mass is 222 g/mol. The molecule has 1 saturated heterocycles. The van der Waals surface area contributed by atoms with Crippen LogP contribution in [0, 0.1) is 0 Å². The number of nitrogens with one attached hydrogen (secondary N) is 2. The van der Waals surface area contributed by atoms with Crippen molar-refractivity contribution in [3.05, 3.63) is 22.7 Å². The number of nitrogens with zero attached hydrogens (tertiary/aromatic N) is 2. The van der Waals surface area contributed by atoms with Crippen LogP contribution in [0.25, 0.3) is 0 Å². The maximum atomic E-state index is 11.5. The summed E-state index contributed by atoms with van der Waals surface area (Å²) in [6, 6.07) is -0.700. The number of rotatable bonds is 2. The first-order valence-corrected chi connectivity index (χ1v) is 4.70. The maximum absolute atomic E-state index is 11.5. The third-order valence-corrected chi connectivity index (χ3v) is 2.40. The van der Waals surface area contributed by atoms with E-state index in [1.54, 1.807) is 0 Å². The molecule has 2 rings (SSSR count). The summed E-state index contributed by atoms with van der Waals surface area (Å²) < 4.78 is 0. The molecule has 1 aromatic rings. The van der Waals surface area contributed by atoms with E-state index in [2.05, 4.69) is 15.3 Å². The van der Waals surface area contributed by atoms with Gasteiger partial charge in [0.1, 0.15) is 6.04 Å². The second-order valence-corrected chi connectivity index (χ2v) is 3.46. The second kappa shape index (κ2) is 3.76. The minimum Gasteiger partial charge on any atom is -0.353 e. The van der Waals surface area contributed by atoms with Crippen LogP contribution in [0.5, 0.6) is 0 Å². The number of likely N-dealkylation sites (N-methyl/N-ethyl adjacent to an activating group) is 1. The van der Waals surface area contributed by atoms with Crippen molar-refractivity contribution < 1.29 is 9.59 Å². The molecule has 0 aliphatic carbocycles. The van der Waals surface area contributed by atoms with Gasteiger partial charge in [-0.15, -0.1) is 0 Å². The van der Waals surface area contributed by atoms with E-state index in [0.29, 0.717) is 0 Å². The molecular formula is C9H10N4O3. The molecular weight excluding hydrogens is 212 g/mol. The molecule has 84 valence electrons. The Labute approximate surface area is 90.5 Å². The quantitative estimate of drug-likeness (QED) is 0.622. The third kappa shape index (κ3) is 1.67. The highest BCUT2D eigenvalue weighted by Crippen LogP contribution is 2.13. The van der Waals surface area contributed by atoms with Crippen LogP contribution in [0.15, 0.2) is 17.2 Å². The van der Waals surface area contributed by atoms with Crippen molar-refractivity contribution in [2.24, 2.45) is 0 Å².